The van der Waals surface area contributed by atoms with Crippen LogP contribution in [0.1, 0.15) is 34.6 Å². The van der Waals surface area contributed by atoms with Gasteiger partial charge in [0.05, 0.1) is 0 Å². The van der Waals surface area contributed by atoms with Crippen molar-refractivity contribution in [3.63, 3.8) is 0 Å². The molecule has 1 atom stereocenters. The first-order valence-electron chi connectivity index (χ1n) is 10.2. The molecule has 1 unspecified atom stereocenters. The molecule has 2 aromatic rings. The number of nitrogens with zero attached hydrogens (tertiary/aromatic N) is 2. The lowest BCUT2D eigenvalue weighted by molar-refractivity contribution is -0.135. The summed E-state index contributed by atoms with van der Waals surface area (Å²) in [5.74, 6) is -0.667. The molecule has 0 spiro atoms. The first-order valence-corrected chi connectivity index (χ1v) is 10.9. The molecule has 164 valence electrons. The summed E-state index contributed by atoms with van der Waals surface area (Å²) in [7, 11) is 0. The summed E-state index contributed by atoms with van der Waals surface area (Å²) in [5.41, 5.74) is 0.934. The minimum Gasteiger partial charge on any atom is -0.340 e. The van der Waals surface area contributed by atoms with Crippen molar-refractivity contribution in [3.8, 4) is 0 Å². The van der Waals surface area contributed by atoms with Gasteiger partial charge in [-0.2, -0.15) is 0 Å². The Morgan fingerprint density at radius 3 is 1.94 bits per heavy atom. The Morgan fingerprint density at radius 1 is 0.839 bits per heavy atom. The third kappa shape index (κ3) is 5.77. The average molecular weight is 462 g/mol. The Kier molecular flexibility index (Phi) is 7.57. The predicted molar refractivity (Wildman–Crippen MR) is 121 cm³/mol. The SMILES string of the molecule is CC(C)C(NC(=O)c1ccccc1)C(=O)N1CCN(C(=O)c2cc(Cl)cc(Cl)c2)CC1. The van der Waals surface area contributed by atoms with Crippen molar-refractivity contribution in [3.05, 3.63) is 69.7 Å². The third-order valence-corrected chi connectivity index (χ3v) is 5.68. The van der Waals surface area contributed by atoms with Crippen molar-refractivity contribution < 1.29 is 14.4 Å². The minimum atomic E-state index is -0.637. The summed E-state index contributed by atoms with van der Waals surface area (Å²) in [5, 5.41) is 3.67. The lowest BCUT2D eigenvalue weighted by Gasteiger charge is -2.37. The van der Waals surface area contributed by atoms with Gasteiger partial charge in [0.15, 0.2) is 0 Å². The number of benzene rings is 2. The Hall–Kier alpha value is -2.57. The van der Waals surface area contributed by atoms with E-state index < -0.39 is 6.04 Å². The van der Waals surface area contributed by atoms with Crippen LogP contribution in [-0.4, -0.2) is 59.7 Å². The highest BCUT2D eigenvalue weighted by Crippen LogP contribution is 2.21. The van der Waals surface area contributed by atoms with Gasteiger partial charge in [0.2, 0.25) is 5.91 Å². The summed E-state index contributed by atoms with van der Waals surface area (Å²) in [6, 6.07) is 12.9. The molecule has 0 radical (unpaired) electrons. The molecule has 3 amide bonds. The van der Waals surface area contributed by atoms with Crippen molar-refractivity contribution in [2.24, 2.45) is 5.92 Å². The zero-order chi connectivity index (χ0) is 22.5. The normalized spacial score (nSPS) is 15.0. The van der Waals surface area contributed by atoms with Crippen LogP contribution in [-0.2, 0) is 4.79 Å². The van der Waals surface area contributed by atoms with Crippen LogP contribution in [0.25, 0.3) is 0 Å². The predicted octanol–water partition coefficient (Wildman–Crippen LogP) is 3.73. The van der Waals surface area contributed by atoms with E-state index in [-0.39, 0.29) is 23.6 Å². The van der Waals surface area contributed by atoms with Crippen molar-refractivity contribution in [1.29, 1.82) is 0 Å². The molecule has 1 saturated heterocycles. The number of hydrogen-bond acceptors (Lipinski definition) is 3. The molecule has 6 nitrogen and oxygen atoms in total. The first kappa shape index (κ1) is 23.1. The van der Waals surface area contributed by atoms with E-state index in [0.29, 0.717) is 47.4 Å². The van der Waals surface area contributed by atoms with E-state index in [4.69, 9.17) is 23.2 Å². The standard InChI is InChI=1S/C23H25Cl2N3O3/c1-15(2)20(26-21(29)16-6-4-3-5-7-16)23(31)28-10-8-27(9-11-28)22(30)17-12-18(24)14-19(25)13-17/h3-7,12-15,20H,8-11H2,1-2H3,(H,26,29). The van der Waals surface area contributed by atoms with Gasteiger partial charge >= 0.3 is 0 Å². The van der Waals surface area contributed by atoms with Gasteiger partial charge in [-0.15, -0.1) is 0 Å². The van der Waals surface area contributed by atoms with E-state index in [0.717, 1.165) is 0 Å². The van der Waals surface area contributed by atoms with Crippen LogP contribution in [0.5, 0.6) is 0 Å². The lowest BCUT2D eigenvalue weighted by Crippen LogP contribution is -2.57. The third-order valence-electron chi connectivity index (χ3n) is 5.24. The molecule has 0 saturated carbocycles. The molecule has 1 heterocycles. The molecule has 3 rings (SSSR count). The number of amides is 3. The fraction of sp³-hybridized carbons (Fsp3) is 0.348. The monoisotopic (exact) mass is 461 g/mol. The Bertz CT molecular complexity index is 938. The van der Waals surface area contributed by atoms with Crippen LogP contribution in [0, 0.1) is 5.92 Å². The highest BCUT2D eigenvalue weighted by atomic mass is 35.5. The highest BCUT2D eigenvalue weighted by molar-refractivity contribution is 6.35. The van der Waals surface area contributed by atoms with E-state index in [9.17, 15) is 14.4 Å². The zero-order valence-electron chi connectivity index (χ0n) is 17.5. The molecule has 1 N–H and O–H groups in total. The molecule has 0 aliphatic carbocycles. The largest absolute Gasteiger partial charge is 0.340 e. The highest BCUT2D eigenvalue weighted by Gasteiger charge is 2.32. The Labute approximate surface area is 192 Å². The number of hydrogen-bond donors (Lipinski definition) is 1. The maximum Gasteiger partial charge on any atom is 0.254 e. The summed E-state index contributed by atoms with van der Waals surface area (Å²) in [4.78, 5) is 41.8. The summed E-state index contributed by atoms with van der Waals surface area (Å²) in [6.07, 6.45) is 0. The molecule has 31 heavy (non-hydrogen) atoms. The average Bonchev–Trinajstić information content (AvgIpc) is 2.76. The summed E-state index contributed by atoms with van der Waals surface area (Å²) < 4.78 is 0. The lowest BCUT2D eigenvalue weighted by atomic mass is 10.0. The van der Waals surface area contributed by atoms with E-state index in [1.165, 1.54) is 0 Å². The number of carbonyl (C=O) groups excluding carboxylic acids is 3. The van der Waals surface area contributed by atoms with Crippen LogP contribution in [0.2, 0.25) is 10.0 Å². The number of nitrogens with one attached hydrogen (secondary N) is 1. The van der Waals surface area contributed by atoms with Crippen LogP contribution >= 0.6 is 23.2 Å². The second-order valence-corrected chi connectivity index (χ2v) is 8.71. The number of rotatable bonds is 5. The molecular weight excluding hydrogens is 437 g/mol. The fourth-order valence-corrected chi connectivity index (χ4v) is 4.04. The van der Waals surface area contributed by atoms with Gasteiger partial charge in [-0.3, -0.25) is 14.4 Å². The topological polar surface area (TPSA) is 69.7 Å². The van der Waals surface area contributed by atoms with Crippen LogP contribution in [0.3, 0.4) is 0 Å². The van der Waals surface area contributed by atoms with Gasteiger partial charge in [0.1, 0.15) is 6.04 Å². The van der Waals surface area contributed by atoms with Crippen LogP contribution in [0.15, 0.2) is 48.5 Å². The minimum absolute atomic E-state index is 0.0755. The summed E-state index contributed by atoms with van der Waals surface area (Å²) >= 11 is 12.0. The summed E-state index contributed by atoms with van der Waals surface area (Å²) in [6.45, 7) is 5.37. The number of piperazine rings is 1. The molecule has 1 aliphatic heterocycles. The van der Waals surface area contributed by atoms with Gasteiger partial charge in [-0.05, 0) is 36.2 Å². The molecule has 1 fully saturated rings. The quantitative estimate of drug-likeness (QED) is 0.737. The Morgan fingerprint density at radius 2 is 1.39 bits per heavy atom. The van der Waals surface area contributed by atoms with Crippen LogP contribution in [0.4, 0.5) is 0 Å². The second-order valence-electron chi connectivity index (χ2n) is 7.84. The van der Waals surface area contributed by atoms with Crippen molar-refractivity contribution in [2.45, 2.75) is 19.9 Å². The number of halogens is 2. The molecular formula is C23H25Cl2N3O3. The second kappa shape index (κ2) is 10.2. The van der Waals surface area contributed by atoms with Gasteiger partial charge in [-0.1, -0.05) is 55.2 Å². The van der Waals surface area contributed by atoms with E-state index >= 15 is 0 Å². The molecule has 1 aliphatic rings. The molecule has 2 aromatic carbocycles. The molecule has 0 aromatic heterocycles. The van der Waals surface area contributed by atoms with Gasteiger partial charge < -0.3 is 15.1 Å². The van der Waals surface area contributed by atoms with Crippen molar-refractivity contribution in [2.75, 3.05) is 26.2 Å². The van der Waals surface area contributed by atoms with Crippen LogP contribution < -0.4 is 5.32 Å². The number of carbonyl (C=O) groups is 3. The maximum absolute atomic E-state index is 13.1. The van der Waals surface area contributed by atoms with Crippen molar-refractivity contribution >= 4 is 40.9 Å². The van der Waals surface area contributed by atoms with Gasteiger partial charge in [0, 0.05) is 47.4 Å². The van der Waals surface area contributed by atoms with E-state index in [1.54, 1.807) is 52.3 Å². The smallest absolute Gasteiger partial charge is 0.254 e. The van der Waals surface area contributed by atoms with Crippen molar-refractivity contribution in [1.82, 2.24) is 15.1 Å². The Balaban J connectivity index is 1.62. The van der Waals surface area contributed by atoms with Gasteiger partial charge in [0.25, 0.3) is 11.8 Å². The first-order chi connectivity index (χ1) is 14.8. The maximum atomic E-state index is 13.1. The van der Waals surface area contributed by atoms with E-state index in [1.807, 2.05) is 19.9 Å². The molecule has 0 bridgehead atoms. The fourth-order valence-electron chi connectivity index (χ4n) is 3.51. The molecule has 8 heteroatoms. The van der Waals surface area contributed by atoms with Gasteiger partial charge in [-0.25, -0.2) is 0 Å². The van der Waals surface area contributed by atoms with E-state index in [2.05, 4.69) is 5.32 Å². The zero-order valence-corrected chi connectivity index (χ0v) is 19.0.